The van der Waals surface area contributed by atoms with E-state index in [1.165, 1.54) is 6.33 Å². The molecule has 0 amide bonds. The number of hydrogen-bond donors (Lipinski definition) is 0. The first kappa shape index (κ1) is 8.44. The van der Waals surface area contributed by atoms with Crippen LogP contribution in [-0.4, -0.2) is 15.1 Å². The van der Waals surface area contributed by atoms with E-state index in [1.54, 1.807) is 0 Å². The van der Waals surface area contributed by atoms with Crippen LogP contribution in [0.25, 0.3) is 11.1 Å². The molecule has 0 aromatic carbocycles. The van der Waals surface area contributed by atoms with Crippen LogP contribution in [0.15, 0.2) is 10.9 Å². The molecule has 2 aromatic rings. The molecule has 2 rings (SSSR count). The summed E-state index contributed by atoms with van der Waals surface area (Å²) >= 11 is 5.90. The summed E-state index contributed by atoms with van der Waals surface area (Å²) in [6, 6.07) is 0. The second kappa shape index (κ2) is 2.96. The van der Waals surface area contributed by atoms with Crippen LogP contribution in [0.2, 0.25) is 5.15 Å². The molecule has 0 saturated carbocycles. The Kier molecular flexibility index (Phi) is 1.92. The van der Waals surface area contributed by atoms with E-state index >= 15 is 0 Å². The van der Waals surface area contributed by atoms with Gasteiger partial charge in [-0.25, -0.2) is 4.98 Å². The summed E-state index contributed by atoms with van der Waals surface area (Å²) < 4.78 is 5.01. The summed E-state index contributed by atoms with van der Waals surface area (Å²) in [5.74, 6) is 0.254. The second-order valence-corrected chi connectivity index (χ2v) is 3.43. The third-order valence-electron chi connectivity index (χ3n) is 1.80. The van der Waals surface area contributed by atoms with Crippen LogP contribution in [0.4, 0.5) is 0 Å². The average Bonchev–Trinajstić information content (AvgIpc) is 2.49. The molecule has 0 aliphatic carbocycles. The monoisotopic (exact) mass is 197 g/mol. The average molecular weight is 198 g/mol. The van der Waals surface area contributed by atoms with E-state index in [4.69, 9.17) is 16.1 Å². The van der Waals surface area contributed by atoms with Gasteiger partial charge in [0.15, 0.2) is 0 Å². The highest BCUT2D eigenvalue weighted by Crippen LogP contribution is 2.27. The Bertz CT molecular complexity index is 438. The van der Waals surface area contributed by atoms with Crippen molar-refractivity contribution in [3.05, 3.63) is 17.2 Å². The molecule has 0 aliphatic heterocycles. The Morgan fingerprint density at radius 1 is 1.38 bits per heavy atom. The first-order chi connectivity index (χ1) is 6.20. The molecule has 13 heavy (non-hydrogen) atoms. The lowest BCUT2D eigenvalue weighted by molar-refractivity contribution is 0.434. The van der Waals surface area contributed by atoms with E-state index in [0.29, 0.717) is 10.9 Å². The Morgan fingerprint density at radius 3 is 2.85 bits per heavy atom. The van der Waals surface area contributed by atoms with Crippen molar-refractivity contribution < 1.29 is 4.52 Å². The molecule has 0 N–H and O–H groups in total. The van der Waals surface area contributed by atoms with Gasteiger partial charge in [0.25, 0.3) is 5.71 Å². The smallest absolute Gasteiger partial charge is 0.262 e. The van der Waals surface area contributed by atoms with Gasteiger partial charge in [-0.1, -0.05) is 30.6 Å². The Hall–Kier alpha value is -1.16. The fourth-order valence-corrected chi connectivity index (χ4v) is 1.39. The molecule has 5 heteroatoms. The van der Waals surface area contributed by atoms with Crippen LogP contribution in [0, 0.1) is 0 Å². The van der Waals surface area contributed by atoms with Gasteiger partial charge in [-0.15, -0.1) is 0 Å². The van der Waals surface area contributed by atoms with Crippen molar-refractivity contribution in [2.45, 2.75) is 19.8 Å². The third kappa shape index (κ3) is 1.27. The number of hydrogen-bond acceptors (Lipinski definition) is 4. The molecule has 0 atom stereocenters. The standard InChI is InChI=1S/C8H8ClN3O/c1-4(2)6-5-7(9)10-3-11-8(5)13-12-6/h3-4H,1-2H3. The van der Waals surface area contributed by atoms with Gasteiger partial charge in [0.2, 0.25) is 0 Å². The van der Waals surface area contributed by atoms with Crippen LogP contribution < -0.4 is 0 Å². The van der Waals surface area contributed by atoms with Gasteiger partial charge >= 0.3 is 0 Å². The molecular formula is C8H8ClN3O. The SMILES string of the molecule is CC(C)c1noc2ncnc(Cl)c12. The van der Waals surface area contributed by atoms with Gasteiger partial charge in [0.05, 0.1) is 5.69 Å². The van der Waals surface area contributed by atoms with Crippen LogP contribution in [-0.2, 0) is 0 Å². The maximum atomic E-state index is 5.90. The Balaban J connectivity index is 2.79. The highest BCUT2D eigenvalue weighted by molar-refractivity contribution is 6.34. The van der Waals surface area contributed by atoms with Crippen LogP contribution >= 0.6 is 11.6 Å². The zero-order chi connectivity index (χ0) is 9.42. The Labute approximate surface area is 79.9 Å². The maximum Gasteiger partial charge on any atom is 0.262 e. The van der Waals surface area contributed by atoms with Crippen LogP contribution in [0.1, 0.15) is 25.5 Å². The largest absolute Gasteiger partial charge is 0.335 e. The minimum absolute atomic E-state index is 0.254. The number of halogens is 1. The molecule has 0 bridgehead atoms. The van der Waals surface area contributed by atoms with Crippen molar-refractivity contribution in [3.8, 4) is 0 Å². The maximum absolute atomic E-state index is 5.90. The van der Waals surface area contributed by atoms with Crippen LogP contribution in [0.5, 0.6) is 0 Å². The van der Waals surface area contributed by atoms with E-state index in [9.17, 15) is 0 Å². The van der Waals surface area contributed by atoms with Gasteiger partial charge in [0, 0.05) is 0 Å². The molecule has 0 radical (unpaired) electrons. The fourth-order valence-electron chi connectivity index (χ4n) is 1.17. The first-order valence-electron chi connectivity index (χ1n) is 3.96. The molecule has 0 saturated heterocycles. The molecule has 4 nitrogen and oxygen atoms in total. The summed E-state index contributed by atoms with van der Waals surface area (Å²) in [7, 11) is 0. The summed E-state index contributed by atoms with van der Waals surface area (Å²) in [5.41, 5.74) is 1.25. The number of fused-ring (bicyclic) bond motifs is 1. The van der Waals surface area contributed by atoms with Crippen molar-refractivity contribution in [2.24, 2.45) is 0 Å². The molecule has 0 unspecified atom stereocenters. The highest BCUT2D eigenvalue weighted by atomic mass is 35.5. The van der Waals surface area contributed by atoms with Crippen molar-refractivity contribution >= 4 is 22.7 Å². The van der Waals surface area contributed by atoms with Crippen molar-refractivity contribution in [2.75, 3.05) is 0 Å². The van der Waals surface area contributed by atoms with Crippen LogP contribution in [0.3, 0.4) is 0 Å². The van der Waals surface area contributed by atoms with E-state index in [-0.39, 0.29) is 5.92 Å². The quantitative estimate of drug-likeness (QED) is 0.659. The fraction of sp³-hybridized carbons (Fsp3) is 0.375. The molecule has 0 fully saturated rings. The van der Waals surface area contributed by atoms with E-state index in [2.05, 4.69) is 15.1 Å². The van der Waals surface area contributed by atoms with Gasteiger partial charge in [0.1, 0.15) is 16.9 Å². The van der Waals surface area contributed by atoms with E-state index < -0.39 is 0 Å². The van der Waals surface area contributed by atoms with Crippen molar-refractivity contribution in [3.63, 3.8) is 0 Å². The Morgan fingerprint density at radius 2 is 2.15 bits per heavy atom. The lowest BCUT2D eigenvalue weighted by Crippen LogP contribution is -1.89. The first-order valence-corrected chi connectivity index (χ1v) is 4.33. The lowest BCUT2D eigenvalue weighted by atomic mass is 10.1. The molecule has 2 heterocycles. The summed E-state index contributed by atoms with van der Waals surface area (Å²) in [5, 5.41) is 5.01. The summed E-state index contributed by atoms with van der Waals surface area (Å²) in [6.07, 6.45) is 1.36. The number of aromatic nitrogens is 3. The molecule has 0 spiro atoms. The zero-order valence-electron chi connectivity index (χ0n) is 7.28. The summed E-state index contributed by atoms with van der Waals surface area (Å²) in [6.45, 7) is 4.03. The van der Waals surface area contributed by atoms with E-state index in [0.717, 1.165) is 11.1 Å². The van der Waals surface area contributed by atoms with Gasteiger partial charge < -0.3 is 4.52 Å². The third-order valence-corrected chi connectivity index (χ3v) is 2.09. The predicted octanol–water partition coefficient (Wildman–Crippen LogP) is 2.39. The summed E-state index contributed by atoms with van der Waals surface area (Å²) in [4.78, 5) is 7.80. The van der Waals surface area contributed by atoms with Gasteiger partial charge in [-0.3, -0.25) is 0 Å². The van der Waals surface area contributed by atoms with Gasteiger partial charge in [-0.05, 0) is 5.92 Å². The zero-order valence-corrected chi connectivity index (χ0v) is 8.04. The van der Waals surface area contributed by atoms with E-state index in [1.807, 2.05) is 13.8 Å². The van der Waals surface area contributed by atoms with Gasteiger partial charge in [-0.2, -0.15) is 4.98 Å². The predicted molar refractivity (Wildman–Crippen MR) is 48.7 cm³/mol. The number of rotatable bonds is 1. The topological polar surface area (TPSA) is 51.8 Å². The minimum Gasteiger partial charge on any atom is -0.335 e. The minimum atomic E-state index is 0.254. The molecule has 0 aliphatic rings. The molecule has 68 valence electrons. The highest BCUT2D eigenvalue weighted by Gasteiger charge is 2.15. The number of nitrogens with zero attached hydrogens (tertiary/aromatic N) is 3. The molecule has 2 aromatic heterocycles. The normalized spacial score (nSPS) is 11.4. The van der Waals surface area contributed by atoms with Crippen molar-refractivity contribution in [1.82, 2.24) is 15.1 Å². The van der Waals surface area contributed by atoms with Crippen molar-refractivity contribution in [1.29, 1.82) is 0 Å². The lowest BCUT2D eigenvalue weighted by Gasteiger charge is -1.98. The molecular weight excluding hydrogens is 190 g/mol. The second-order valence-electron chi connectivity index (χ2n) is 3.07.